The van der Waals surface area contributed by atoms with E-state index in [4.69, 9.17) is 0 Å². The Hall–Kier alpha value is -3.40. The van der Waals surface area contributed by atoms with E-state index in [9.17, 15) is 18.4 Å². The van der Waals surface area contributed by atoms with Gasteiger partial charge in [0.25, 0.3) is 17.9 Å². The second kappa shape index (κ2) is 9.22. The molecule has 2 N–H and O–H groups in total. The van der Waals surface area contributed by atoms with Crippen LogP contribution in [0, 0.1) is 6.92 Å². The summed E-state index contributed by atoms with van der Waals surface area (Å²) >= 11 is 0. The first-order valence-corrected chi connectivity index (χ1v) is 10.7. The van der Waals surface area contributed by atoms with Crippen LogP contribution in [0.4, 0.5) is 14.5 Å². The molecule has 3 aromatic heterocycles. The molecular weight excluding hydrogens is 430 g/mol. The molecule has 0 spiro atoms. The molecule has 3 aromatic rings. The number of aromatic nitrogens is 3. The van der Waals surface area contributed by atoms with E-state index in [1.165, 1.54) is 6.92 Å². The van der Waals surface area contributed by atoms with Gasteiger partial charge in [-0.25, -0.2) is 13.8 Å². The molecule has 33 heavy (non-hydrogen) atoms. The normalized spacial score (nSPS) is 17.0. The number of carbonyl (C=O) groups excluding carboxylic acids is 1. The lowest BCUT2D eigenvalue weighted by atomic mass is 10.1. The molecule has 0 aromatic carbocycles. The number of piperazine rings is 1. The van der Waals surface area contributed by atoms with E-state index in [1.807, 2.05) is 12.1 Å². The smallest absolute Gasteiger partial charge is 0.269 e. The summed E-state index contributed by atoms with van der Waals surface area (Å²) in [6.07, 6.45) is 0.560. The Morgan fingerprint density at radius 2 is 2.06 bits per heavy atom. The molecule has 0 radical (unpaired) electrons. The van der Waals surface area contributed by atoms with Gasteiger partial charge in [0.15, 0.2) is 0 Å². The number of anilines is 1. The van der Waals surface area contributed by atoms with Crippen molar-refractivity contribution in [2.45, 2.75) is 32.9 Å². The summed E-state index contributed by atoms with van der Waals surface area (Å²) in [7, 11) is 1.57. The van der Waals surface area contributed by atoms with Gasteiger partial charge in [-0.1, -0.05) is 0 Å². The van der Waals surface area contributed by atoms with Crippen molar-refractivity contribution >= 4 is 22.6 Å². The monoisotopic (exact) mass is 456 g/mol. The lowest BCUT2D eigenvalue weighted by Gasteiger charge is -2.41. The Bertz CT molecular complexity index is 1230. The molecule has 0 bridgehead atoms. The van der Waals surface area contributed by atoms with Crippen LogP contribution in [0.5, 0.6) is 0 Å². The number of aromatic amines is 1. The van der Waals surface area contributed by atoms with E-state index in [-0.39, 0.29) is 17.5 Å². The van der Waals surface area contributed by atoms with Crippen LogP contribution < -0.4 is 15.8 Å². The van der Waals surface area contributed by atoms with Crippen molar-refractivity contribution in [1.82, 2.24) is 25.2 Å². The third-order valence-corrected chi connectivity index (χ3v) is 6.07. The number of halogens is 2. The van der Waals surface area contributed by atoms with Gasteiger partial charge >= 0.3 is 0 Å². The maximum Gasteiger partial charge on any atom is 0.269 e. The highest BCUT2D eigenvalue weighted by Crippen LogP contribution is 2.25. The Morgan fingerprint density at radius 1 is 1.27 bits per heavy atom. The van der Waals surface area contributed by atoms with Crippen LogP contribution in [0.3, 0.4) is 0 Å². The molecule has 8 nitrogen and oxygen atoms in total. The molecule has 0 unspecified atom stereocenters. The third-order valence-electron chi connectivity index (χ3n) is 6.07. The predicted octanol–water partition coefficient (Wildman–Crippen LogP) is 2.63. The van der Waals surface area contributed by atoms with Gasteiger partial charge in [-0.15, -0.1) is 0 Å². The van der Waals surface area contributed by atoms with Crippen molar-refractivity contribution in [2.75, 3.05) is 31.6 Å². The fourth-order valence-corrected chi connectivity index (χ4v) is 4.38. The van der Waals surface area contributed by atoms with Crippen LogP contribution in [0.25, 0.3) is 11.0 Å². The van der Waals surface area contributed by atoms with Crippen LogP contribution in [-0.2, 0) is 6.54 Å². The zero-order chi connectivity index (χ0) is 23.7. The summed E-state index contributed by atoms with van der Waals surface area (Å²) in [6, 6.07) is 5.65. The molecule has 1 amide bonds. The summed E-state index contributed by atoms with van der Waals surface area (Å²) in [4.78, 5) is 39.5. The van der Waals surface area contributed by atoms with Crippen molar-refractivity contribution in [2.24, 2.45) is 0 Å². The molecule has 0 saturated carbocycles. The van der Waals surface area contributed by atoms with Crippen molar-refractivity contribution < 1.29 is 13.6 Å². The van der Waals surface area contributed by atoms with Gasteiger partial charge in [0.1, 0.15) is 5.69 Å². The van der Waals surface area contributed by atoms with Gasteiger partial charge in [-0.2, -0.15) is 0 Å². The minimum absolute atomic E-state index is 0.216. The average molecular weight is 456 g/mol. The number of pyridine rings is 3. The zero-order valence-corrected chi connectivity index (χ0v) is 18.7. The molecule has 4 rings (SSSR count). The number of nitrogens with one attached hydrogen (secondary N) is 2. The highest BCUT2D eigenvalue weighted by atomic mass is 19.3. The number of hydrogen-bond donors (Lipinski definition) is 2. The Balaban J connectivity index is 1.46. The van der Waals surface area contributed by atoms with Crippen LogP contribution >= 0.6 is 0 Å². The number of fused-ring (bicyclic) bond motifs is 1. The molecule has 1 aliphatic rings. The van der Waals surface area contributed by atoms with E-state index in [2.05, 4.69) is 37.0 Å². The summed E-state index contributed by atoms with van der Waals surface area (Å²) in [5.41, 5.74) is 2.02. The number of aryl methyl sites for hydroxylation is 1. The molecule has 4 heterocycles. The van der Waals surface area contributed by atoms with Crippen molar-refractivity contribution in [3.8, 4) is 0 Å². The van der Waals surface area contributed by atoms with Crippen LogP contribution in [-0.4, -0.2) is 58.5 Å². The molecule has 1 fully saturated rings. The van der Waals surface area contributed by atoms with Crippen LogP contribution in [0.15, 0.2) is 35.4 Å². The zero-order valence-electron chi connectivity index (χ0n) is 18.7. The Labute approximate surface area is 189 Å². The quantitative estimate of drug-likeness (QED) is 0.613. The lowest BCUT2D eigenvalue weighted by Crippen LogP contribution is -2.51. The highest BCUT2D eigenvalue weighted by molar-refractivity contribution is 5.92. The Morgan fingerprint density at radius 3 is 2.70 bits per heavy atom. The number of alkyl halides is 2. The SMILES string of the molecule is CNC(=O)c1ccc(N2CCN(Cc3cnc4c(C)c(C(F)F)c(=O)[nH]c4c3)C[C@H]2C)cn1. The molecule has 174 valence electrons. The van der Waals surface area contributed by atoms with Crippen molar-refractivity contribution in [1.29, 1.82) is 0 Å². The number of H-pyrrole nitrogens is 1. The van der Waals surface area contributed by atoms with Gasteiger partial charge in [-0.3, -0.25) is 19.5 Å². The van der Waals surface area contributed by atoms with E-state index >= 15 is 0 Å². The van der Waals surface area contributed by atoms with Crippen LogP contribution in [0.2, 0.25) is 0 Å². The fourth-order valence-electron chi connectivity index (χ4n) is 4.38. The number of nitrogens with zero attached hydrogens (tertiary/aromatic N) is 4. The Kier molecular flexibility index (Phi) is 6.37. The minimum Gasteiger partial charge on any atom is -0.365 e. The number of amides is 1. The highest BCUT2D eigenvalue weighted by Gasteiger charge is 2.25. The predicted molar refractivity (Wildman–Crippen MR) is 122 cm³/mol. The third kappa shape index (κ3) is 4.56. The molecular formula is C23H26F2N6O2. The fraction of sp³-hybridized carbons (Fsp3) is 0.391. The first kappa shape index (κ1) is 22.8. The lowest BCUT2D eigenvalue weighted by molar-refractivity contribution is 0.0958. The van der Waals surface area contributed by atoms with E-state index in [0.717, 1.165) is 30.9 Å². The van der Waals surface area contributed by atoms with Gasteiger partial charge in [-0.05, 0) is 43.2 Å². The topological polar surface area (TPSA) is 94.2 Å². The maximum absolute atomic E-state index is 13.2. The molecule has 1 saturated heterocycles. The summed E-state index contributed by atoms with van der Waals surface area (Å²) in [5.74, 6) is -0.217. The molecule has 1 atom stereocenters. The van der Waals surface area contributed by atoms with Crippen LogP contribution in [0.1, 0.15) is 40.5 Å². The minimum atomic E-state index is -2.84. The van der Waals surface area contributed by atoms with Gasteiger partial charge < -0.3 is 15.2 Å². The first-order valence-electron chi connectivity index (χ1n) is 10.7. The van der Waals surface area contributed by atoms with Gasteiger partial charge in [0.2, 0.25) is 0 Å². The second-order valence-corrected chi connectivity index (χ2v) is 8.29. The van der Waals surface area contributed by atoms with E-state index < -0.39 is 17.5 Å². The molecule has 0 aliphatic carbocycles. The summed E-state index contributed by atoms with van der Waals surface area (Å²) in [6.45, 7) is 6.66. The number of hydrogen-bond acceptors (Lipinski definition) is 6. The summed E-state index contributed by atoms with van der Waals surface area (Å²) < 4.78 is 26.4. The number of carbonyl (C=O) groups is 1. The summed E-state index contributed by atoms with van der Waals surface area (Å²) in [5, 5.41) is 2.56. The maximum atomic E-state index is 13.2. The standard InChI is InChI=1S/C23H26F2N6O2/c1-13-11-30(6-7-31(13)16-4-5-17(27-10-16)22(32)26-3)12-15-8-18-20(28-9-15)14(2)19(21(24)25)23(33)29-18/h4-5,8-10,13,21H,6-7,11-12H2,1-3H3,(H,26,32)(H,29,33)/t13-/m1/s1. The first-order chi connectivity index (χ1) is 15.8. The largest absolute Gasteiger partial charge is 0.365 e. The van der Waals surface area contributed by atoms with Crippen molar-refractivity contribution in [3.05, 3.63) is 63.3 Å². The molecule has 1 aliphatic heterocycles. The van der Waals surface area contributed by atoms with Gasteiger partial charge in [0, 0.05) is 45.5 Å². The average Bonchev–Trinajstić information content (AvgIpc) is 2.78. The molecule has 10 heteroatoms. The van der Waals surface area contributed by atoms with E-state index in [1.54, 1.807) is 25.5 Å². The van der Waals surface area contributed by atoms with Gasteiger partial charge in [0.05, 0.1) is 28.5 Å². The second-order valence-electron chi connectivity index (χ2n) is 8.29. The van der Waals surface area contributed by atoms with Crippen molar-refractivity contribution in [3.63, 3.8) is 0 Å². The number of rotatable bonds is 5. The van der Waals surface area contributed by atoms with E-state index in [0.29, 0.717) is 23.3 Å².